The quantitative estimate of drug-likeness (QED) is 0.556. The third-order valence-electron chi connectivity index (χ3n) is 1.82. The molecule has 88 valence electrons. The highest BCUT2D eigenvalue weighted by Crippen LogP contribution is 2.16. The van der Waals surface area contributed by atoms with Crippen LogP contribution in [0.4, 0.5) is 5.82 Å². The Morgan fingerprint density at radius 2 is 2.44 bits per heavy atom. The number of hydrogen-bond donors (Lipinski definition) is 2. The number of carbonyl (C=O) groups is 1. The van der Waals surface area contributed by atoms with E-state index in [-0.39, 0.29) is 23.9 Å². The van der Waals surface area contributed by atoms with Gasteiger partial charge in [-0.15, -0.1) is 0 Å². The molecular formula is C9H12ClN3O3. The van der Waals surface area contributed by atoms with Gasteiger partial charge < -0.3 is 15.2 Å². The van der Waals surface area contributed by atoms with Crippen molar-refractivity contribution in [1.29, 1.82) is 0 Å². The van der Waals surface area contributed by atoms with Gasteiger partial charge in [-0.25, -0.2) is 9.97 Å². The number of hydrogen-bond acceptors (Lipinski definition) is 6. The lowest BCUT2D eigenvalue weighted by Gasteiger charge is -2.12. The summed E-state index contributed by atoms with van der Waals surface area (Å²) >= 11 is 5.70. The second-order valence-electron chi connectivity index (χ2n) is 3.03. The zero-order valence-electron chi connectivity index (χ0n) is 8.68. The van der Waals surface area contributed by atoms with E-state index in [0.29, 0.717) is 12.1 Å². The molecule has 0 amide bonds. The highest BCUT2D eigenvalue weighted by Gasteiger charge is 2.10. The van der Waals surface area contributed by atoms with Crippen molar-refractivity contribution in [2.24, 2.45) is 0 Å². The molecule has 6 nitrogen and oxygen atoms in total. The van der Waals surface area contributed by atoms with Gasteiger partial charge in [-0.2, -0.15) is 0 Å². The minimum atomic E-state index is -0.682. The van der Waals surface area contributed by atoms with Crippen molar-refractivity contribution in [2.45, 2.75) is 6.10 Å². The monoisotopic (exact) mass is 245 g/mol. The van der Waals surface area contributed by atoms with Crippen molar-refractivity contribution in [1.82, 2.24) is 9.97 Å². The summed E-state index contributed by atoms with van der Waals surface area (Å²) in [6.07, 6.45) is 1.12. The molecule has 0 spiro atoms. The molecule has 0 aliphatic rings. The fourth-order valence-corrected chi connectivity index (χ4v) is 1.26. The molecule has 0 bridgehead atoms. The molecule has 1 atom stereocenters. The maximum Gasteiger partial charge on any atom is 0.156 e. The van der Waals surface area contributed by atoms with E-state index < -0.39 is 6.10 Å². The highest BCUT2D eigenvalue weighted by molar-refractivity contribution is 6.32. The molecule has 1 rings (SSSR count). The van der Waals surface area contributed by atoms with Crippen LogP contribution in [-0.4, -0.2) is 47.7 Å². The first-order chi connectivity index (χ1) is 7.69. The summed E-state index contributed by atoms with van der Waals surface area (Å²) in [4.78, 5) is 18.2. The van der Waals surface area contributed by atoms with Crippen LogP contribution in [0, 0.1) is 0 Å². The van der Waals surface area contributed by atoms with E-state index in [1.54, 1.807) is 0 Å². The second-order valence-corrected chi connectivity index (χ2v) is 3.39. The van der Waals surface area contributed by atoms with Crippen LogP contribution in [0.25, 0.3) is 0 Å². The number of carbonyl (C=O) groups excluding carboxylic acids is 1. The largest absolute Gasteiger partial charge is 0.389 e. The minimum absolute atomic E-state index is 0.0775. The van der Waals surface area contributed by atoms with Crippen LogP contribution in [0.3, 0.4) is 0 Å². The summed E-state index contributed by atoms with van der Waals surface area (Å²) in [6, 6.07) is 0. The standard InChI is InChI=1S/C9H12ClN3O3/c1-16-4-6(15)2-11-9-7(3-14)8(10)12-5-13-9/h3,5-6,15H,2,4H2,1H3,(H,11,12,13). The van der Waals surface area contributed by atoms with Gasteiger partial charge in [0, 0.05) is 13.7 Å². The Bertz CT molecular complexity index is 362. The van der Waals surface area contributed by atoms with Crippen LogP contribution in [-0.2, 0) is 4.74 Å². The Balaban J connectivity index is 2.66. The third-order valence-corrected chi connectivity index (χ3v) is 2.12. The number of aliphatic hydroxyl groups excluding tert-OH is 1. The summed E-state index contributed by atoms with van der Waals surface area (Å²) in [5, 5.41) is 12.3. The van der Waals surface area contributed by atoms with E-state index in [0.717, 1.165) is 0 Å². The lowest BCUT2D eigenvalue weighted by molar-refractivity contribution is 0.0727. The van der Waals surface area contributed by atoms with E-state index >= 15 is 0 Å². The molecule has 0 aromatic carbocycles. The molecule has 0 fully saturated rings. The van der Waals surface area contributed by atoms with Gasteiger partial charge in [-0.3, -0.25) is 4.79 Å². The first kappa shape index (κ1) is 12.8. The summed E-state index contributed by atoms with van der Waals surface area (Å²) in [5.74, 6) is 0.296. The molecule has 1 aromatic rings. The van der Waals surface area contributed by atoms with Crippen LogP contribution in [0.5, 0.6) is 0 Å². The molecule has 0 aliphatic heterocycles. The minimum Gasteiger partial charge on any atom is -0.389 e. The molecule has 16 heavy (non-hydrogen) atoms. The number of rotatable bonds is 6. The predicted molar refractivity (Wildman–Crippen MR) is 58.8 cm³/mol. The summed E-state index contributed by atoms with van der Waals surface area (Å²) < 4.78 is 4.75. The van der Waals surface area contributed by atoms with Gasteiger partial charge in [0.15, 0.2) is 6.29 Å². The molecule has 1 aromatic heterocycles. The van der Waals surface area contributed by atoms with Crippen molar-refractivity contribution >= 4 is 23.7 Å². The van der Waals surface area contributed by atoms with Gasteiger partial charge in [0.25, 0.3) is 0 Å². The fraction of sp³-hybridized carbons (Fsp3) is 0.444. The molecule has 2 N–H and O–H groups in total. The molecule has 7 heteroatoms. The highest BCUT2D eigenvalue weighted by atomic mass is 35.5. The van der Waals surface area contributed by atoms with Crippen molar-refractivity contribution in [3.05, 3.63) is 17.0 Å². The summed E-state index contributed by atoms with van der Waals surface area (Å²) in [6.45, 7) is 0.407. The zero-order valence-corrected chi connectivity index (χ0v) is 9.44. The summed E-state index contributed by atoms with van der Waals surface area (Å²) in [7, 11) is 1.49. The van der Waals surface area contributed by atoms with Crippen molar-refractivity contribution < 1.29 is 14.6 Å². The van der Waals surface area contributed by atoms with Gasteiger partial charge in [0.05, 0.1) is 18.3 Å². The Kier molecular flexibility index (Phi) is 5.10. The van der Waals surface area contributed by atoms with E-state index in [2.05, 4.69) is 15.3 Å². The maximum atomic E-state index is 10.7. The smallest absolute Gasteiger partial charge is 0.156 e. The van der Waals surface area contributed by atoms with E-state index in [1.165, 1.54) is 13.4 Å². The fourth-order valence-electron chi connectivity index (χ4n) is 1.09. The first-order valence-corrected chi connectivity index (χ1v) is 4.93. The van der Waals surface area contributed by atoms with Gasteiger partial charge in [0.1, 0.15) is 17.3 Å². The van der Waals surface area contributed by atoms with E-state index in [9.17, 15) is 9.90 Å². The predicted octanol–water partition coefficient (Wildman–Crippen LogP) is 0.362. The lowest BCUT2D eigenvalue weighted by atomic mass is 10.3. The van der Waals surface area contributed by atoms with Crippen LogP contribution >= 0.6 is 11.6 Å². The van der Waals surface area contributed by atoms with Crippen molar-refractivity contribution in [3.8, 4) is 0 Å². The van der Waals surface area contributed by atoms with Crippen molar-refractivity contribution in [3.63, 3.8) is 0 Å². The Morgan fingerprint density at radius 1 is 1.69 bits per heavy atom. The number of nitrogens with zero attached hydrogens (tertiary/aromatic N) is 2. The normalized spacial score (nSPS) is 12.2. The van der Waals surface area contributed by atoms with Crippen LogP contribution in [0.2, 0.25) is 5.15 Å². The SMILES string of the molecule is COCC(O)CNc1ncnc(Cl)c1C=O. The van der Waals surface area contributed by atoms with Gasteiger partial charge in [-0.05, 0) is 0 Å². The molecule has 0 saturated carbocycles. The Hall–Kier alpha value is -1.24. The second kappa shape index (κ2) is 6.37. The van der Waals surface area contributed by atoms with E-state index in [4.69, 9.17) is 16.3 Å². The molecule has 0 aliphatic carbocycles. The van der Waals surface area contributed by atoms with Crippen molar-refractivity contribution in [2.75, 3.05) is 25.6 Å². The average Bonchev–Trinajstić information content (AvgIpc) is 2.27. The molecule has 0 radical (unpaired) electrons. The number of anilines is 1. The Labute approximate surface area is 97.6 Å². The van der Waals surface area contributed by atoms with Crippen LogP contribution in [0.15, 0.2) is 6.33 Å². The number of aldehydes is 1. The number of aliphatic hydroxyl groups is 1. The van der Waals surface area contributed by atoms with E-state index in [1.807, 2.05) is 0 Å². The number of aromatic nitrogens is 2. The lowest BCUT2D eigenvalue weighted by Crippen LogP contribution is -2.25. The zero-order chi connectivity index (χ0) is 12.0. The van der Waals surface area contributed by atoms with Crippen LogP contribution < -0.4 is 5.32 Å². The first-order valence-electron chi connectivity index (χ1n) is 4.55. The number of methoxy groups -OCH3 is 1. The third kappa shape index (κ3) is 3.41. The maximum absolute atomic E-state index is 10.7. The van der Waals surface area contributed by atoms with Gasteiger partial charge >= 0.3 is 0 Å². The number of ether oxygens (including phenoxy) is 1. The molecule has 0 saturated heterocycles. The summed E-state index contributed by atoms with van der Waals surface area (Å²) in [5.41, 5.74) is 0.175. The van der Waals surface area contributed by atoms with Gasteiger partial charge in [0.2, 0.25) is 0 Å². The average molecular weight is 246 g/mol. The van der Waals surface area contributed by atoms with Gasteiger partial charge in [-0.1, -0.05) is 11.6 Å². The number of nitrogens with one attached hydrogen (secondary N) is 1. The molecule has 1 heterocycles. The molecule has 1 unspecified atom stereocenters. The topological polar surface area (TPSA) is 84.3 Å². The molecular weight excluding hydrogens is 234 g/mol. The van der Waals surface area contributed by atoms with Crippen LogP contribution in [0.1, 0.15) is 10.4 Å². The number of halogens is 1. The Morgan fingerprint density at radius 3 is 3.06 bits per heavy atom.